The molecule has 212 valence electrons. The second kappa shape index (κ2) is 14.2. The van der Waals surface area contributed by atoms with Crippen molar-refractivity contribution in [3.05, 3.63) is 99.5 Å². The molecular weight excluding hydrogens is 553 g/mol. The fraction of sp³-hybridized carbons (Fsp3) is 0.323. The Balaban J connectivity index is 1.72. The van der Waals surface area contributed by atoms with Crippen molar-refractivity contribution in [2.24, 2.45) is 5.92 Å². The number of amides is 1. The number of halogens is 2. The molecule has 0 radical (unpaired) electrons. The van der Waals surface area contributed by atoms with Crippen LogP contribution in [0.5, 0.6) is 5.75 Å². The molecule has 9 heteroatoms. The highest BCUT2D eigenvalue weighted by molar-refractivity contribution is 6.35. The monoisotopic (exact) mass is 585 g/mol. The van der Waals surface area contributed by atoms with E-state index in [-0.39, 0.29) is 25.9 Å². The van der Waals surface area contributed by atoms with Gasteiger partial charge in [0, 0.05) is 22.0 Å². The zero-order valence-corrected chi connectivity index (χ0v) is 24.2. The summed E-state index contributed by atoms with van der Waals surface area (Å²) in [5.41, 5.74) is 1.46. The third kappa shape index (κ3) is 9.88. The Morgan fingerprint density at radius 1 is 0.850 bits per heavy atom. The van der Waals surface area contributed by atoms with Crippen LogP contribution in [0.3, 0.4) is 0 Å². The third-order valence-corrected chi connectivity index (χ3v) is 6.72. The molecule has 3 aromatic carbocycles. The van der Waals surface area contributed by atoms with Crippen molar-refractivity contribution in [3.63, 3.8) is 0 Å². The molecule has 1 amide bonds. The number of ether oxygens (including phenoxy) is 2. The number of hydrogen-bond acceptors (Lipinski definition) is 5. The van der Waals surface area contributed by atoms with E-state index in [0.717, 1.165) is 11.1 Å². The molecule has 0 aliphatic rings. The van der Waals surface area contributed by atoms with Gasteiger partial charge in [-0.05, 0) is 69.0 Å². The summed E-state index contributed by atoms with van der Waals surface area (Å²) in [7, 11) is 0. The summed E-state index contributed by atoms with van der Waals surface area (Å²) in [6, 6.07) is 20.4. The van der Waals surface area contributed by atoms with E-state index in [9.17, 15) is 19.5 Å². The fourth-order valence-electron chi connectivity index (χ4n) is 4.01. The quantitative estimate of drug-likeness (QED) is 0.239. The van der Waals surface area contributed by atoms with E-state index in [2.05, 4.69) is 5.32 Å². The van der Waals surface area contributed by atoms with Gasteiger partial charge in [0.2, 0.25) is 0 Å². The van der Waals surface area contributed by atoms with Crippen LogP contribution in [0, 0.1) is 5.92 Å². The van der Waals surface area contributed by atoms with Gasteiger partial charge in [0.25, 0.3) is 0 Å². The van der Waals surface area contributed by atoms with Gasteiger partial charge in [-0.1, -0.05) is 71.7 Å². The number of nitrogens with one attached hydrogen (secondary N) is 1. The van der Waals surface area contributed by atoms with E-state index in [0.29, 0.717) is 21.4 Å². The molecule has 7 nitrogen and oxygen atoms in total. The largest absolute Gasteiger partial charge is 0.489 e. The third-order valence-electron chi connectivity index (χ3n) is 6.01. The molecule has 2 atom stereocenters. The highest BCUT2D eigenvalue weighted by Crippen LogP contribution is 2.26. The van der Waals surface area contributed by atoms with Crippen molar-refractivity contribution in [1.29, 1.82) is 0 Å². The molecule has 0 aliphatic carbocycles. The molecule has 0 fully saturated rings. The maximum Gasteiger partial charge on any atom is 0.408 e. The Bertz CT molecular complexity index is 1290. The molecule has 0 aliphatic heterocycles. The van der Waals surface area contributed by atoms with E-state index in [1.54, 1.807) is 63.2 Å². The molecule has 0 saturated heterocycles. The zero-order chi connectivity index (χ0) is 29.3. The molecule has 3 rings (SSSR count). The molecule has 0 aromatic heterocycles. The topological polar surface area (TPSA) is 102 Å². The maximum absolute atomic E-state index is 13.4. The second-order valence-corrected chi connectivity index (χ2v) is 11.2. The number of ketones is 1. The number of aliphatic carboxylic acids is 1. The lowest BCUT2D eigenvalue weighted by molar-refractivity contribution is -0.143. The summed E-state index contributed by atoms with van der Waals surface area (Å²) in [4.78, 5) is 37.9. The van der Waals surface area contributed by atoms with Crippen LogP contribution in [0.25, 0.3) is 0 Å². The molecule has 0 bridgehead atoms. The van der Waals surface area contributed by atoms with Crippen molar-refractivity contribution >= 4 is 41.0 Å². The van der Waals surface area contributed by atoms with E-state index < -0.39 is 35.4 Å². The molecular formula is C31H33Cl2NO6. The average molecular weight is 587 g/mol. The Labute approximate surface area is 244 Å². The van der Waals surface area contributed by atoms with Crippen LogP contribution >= 0.6 is 23.2 Å². The summed E-state index contributed by atoms with van der Waals surface area (Å²) in [6.45, 7) is 5.34. The van der Waals surface area contributed by atoms with Crippen molar-refractivity contribution in [2.45, 2.75) is 58.3 Å². The number of carboxylic acids is 1. The van der Waals surface area contributed by atoms with Crippen LogP contribution in [0.15, 0.2) is 72.8 Å². The minimum Gasteiger partial charge on any atom is -0.489 e. The van der Waals surface area contributed by atoms with Crippen molar-refractivity contribution < 1.29 is 29.0 Å². The number of carboxylic acid groups (broad SMARTS) is 1. The molecule has 0 spiro atoms. The highest BCUT2D eigenvalue weighted by Gasteiger charge is 2.29. The van der Waals surface area contributed by atoms with E-state index in [4.69, 9.17) is 32.7 Å². The normalized spacial score (nSPS) is 12.7. The minimum atomic E-state index is -1.08. The Morgan fingerprint density at radius 3 is 2.02 bits per heavy atom. The second-order valence-electron chi connectivity index (χ2n) is 10.4. The number of carbonyl (C=O) groups excluding carboxylic acids is 2. The predicted octanol–water partition coefficient (Wildman–Crippen LogP) is 6.91. The lowest BCUT2D eigenvalue weighted by atomic mass is 9.90. The summed E-state index contributed by atoms with van der Waals surface area (Å²) >= 11 is 12.4. The summed E-state index contributed by atoms with van der Waals surface area (Å²) < 4.78 is 11.2. The Hall–Kier alpha value is -3.55. The van der Waals surface area contributed by atoms with Crippen LogP contribution in [0.4, 0.5) is 4.79 Å². The number of hydrogen-bond donors (Lipinski definition) is 2. The Morgan fingerprint density at radius 2 is 1.45 bits per heavy atom. The van der Waals surface area contributed by atoms with Crippen LogP contribution in [-0.2, 0) is 33.8 Å². The lowest BCUT2D eigenvalue weighted by Gasteiger charge is -2.24. The maximum atomic E-state index is 13.4. The van der Waals surface area contributed by atoms with Gasteiger partial charge in [0.15, 0.2) is 5.78 Å². The van der Waals surface area contributed by atoms with Gasteiger partial charge in [-0.2, -0.15) is 0 Å². The van der Waals surface area contributed by atoms with E-state index in [1.807, 2.05) is 30.3 Å². The first-order chi connectivity index (χ1) is 18.9. The fourth-order valence-corrected chi connectivity index (χ4v) is 4.52. The minimum absolute atomic E-state index is 0.145. The van der Waals surface area contributed by atoms with Crippen LogP contribution in [0.1, 0.15) is 43.9 Å². The van der Waals surface area contributed by atoms with E-state index in [1.165, 1.54) is 0 Å². The first kappa shape index (κ1) is 31.0. The molecule has 2 N–H and O–H groups in total. The van der Waals surface area contributed by atoms with Crippen molar-refractivity contribution in [2.75, 3.05) is 0 Å². The number of Topliss-reactive ketones (excluding diaryl/α,β-unsaturated/α-hetero) is 1. The van der Waals surface area contributed by atoms with Gasteiger partial charge in [-0.25, -0.2) is 4.79 Å². The van der Waals surface area contributed by atoms with Gasteiger partial charge in [-0.15, -0.1) is 0 Å². The van der Waals surface area contributed by atoms with Gasteiger partial charge >= 0.3 is 12.1 Å². The van der Waals surface area contributed by atoms with E-state index >= 15 is 0 Å². The van der Waals surface area contributed by atoms with Crippen LogP contribution < -0.4 is 10.1 Å². The molecule has 3 aromatic rings. The molecule has 0 heterocycles. The molecule has 0 unspecified atom stereocenters. The number of carbonyl (C=O) groups is 3. The highest BCUT2D eigenvalue weighted by atomic mass is 35.5. The predicted molar refractivity (Wildman–Crippen MR) is 155 cm³/mol. The number of benzene rings is 3. The first-order valence-corrected chi connectivity index (χ1v) is 13.6. The molecule has 0 saturated carbocycles. The van der Waals surface area contributed by atoms with Gasteiger partial charge in [0.05, 0.1) is 12.0 Å². The standard InChI is InChI=1S/C31H33Cl2NO6/c1-31(2,3)40-30(38)34-27(28(35)18-22(29(36)37)16-20-8-5-4-6-9-20)17-21-12-14-23(15-13-21)39-19-24-25(32)10-7-11-26(24)33/h4-15,22,27H,16-19H2,1-3H3,(H,34,38)(H,36,37)/t22-,27-/m0/s1. The van der Waals surface area contributed by atoms with Crippen molar-refractivity contribution in [1.82, 2.24) is 5.32 Å². The Kier molecular flexibility index (Phi) is 11.0. The summed E-state index contributed by atoms with van der Waals surface area (Å²) in [5.74, 6) is -1.85. The van der Waals surface area contributed by atoms with Gasteiger partial charge < -0.3 is 19.9 Å². The SMILES string of the molecule is CC(C)(C)OC(=O)N[C@@H](Cc1ccc(OCc2c(Cl)cccc2Cl)cc1)C(=O)C[C@H](Cc1ccccc1)C(=O)O. The lowest BCUT2D eigenvalue weighted by Crippen LogP contribution is -2.45. The number of rotatable bonds is 12. The smallest absolute Gasteiger partial charge is 0.408 e. The van der Waals surface area contributed by atoms with Gasteiger partial charge in [0.1, 0.15) is 18.0 Å². The van der Waals surface area contributed by atoms with Crippen molar-refractivity contribution in [3.8, 4) is 5.75 Å². The average Bonchev–Trinajstić information content (AvgIpc) is 2.88. The number of alkyl carbamates (subject to hydrolysis) is 1. The summed E-state index contributed by atoms with van der Waals surface area (Å²) in [6.07, 6.45) is -0.656. The molecule has 40 heavy (non-hydrogen) atoms. The van der Waals surface area contributed by atoms with Crippen LogP contribution in [-0.4, -0.2) is 34.6 Å². The van der Waals surface area contributed by atoms with Crippen LogP contribution in [0.2, 0.25) is 10.0 Å². The zero-order valence-electron chi connectivity index (χ0n) is 22.7. The van der Waals surface area contributed by atoms with Gasteiger partial charge in [-0.3, -0.25) is 9.59 Å². The summed E-state index contributed by atoms with van der Waals surface area (Å²) in [5, 5.41) is 13.4. The first-order valence-electron chi connectivity index (χ1n) is 12.8.